The van der Waals surface area contributed by atoms with Crippen molar-refractivity contribution in [3.8, 4) is 5.75 Å². The van der Waals surface area contributed by atoms with Gasteiger partial charge in [-0.05, 0) is 43.4 Å². The highest BCUT2D eigenvalue weighted by Gasteiger charge is 2.15. The monoisotopic (exact) mass is 283 g/mol. The molecular weight excluding hydrogens is 261 g/mol. The van der Waals surface area contributed by atoms with Crippen molar-refractivity contribution >= 4 is 5.97 Å². The lowest BCUT2D eigenvalue weighted by molar-refractivity contribution is -0.138. The largest absolute Gasteiger partial charge is 0.491 e. The Morgan fingerprint density at radius 3 is 2.75 bits per heavy atom. The van der Waals surface area contributed by atoms with Crippen LogP contribution in [0.5, 0.6) is 5.75 Å². The number of ether oxygens (including phenoxy) is 1. The van der Waals surface area contributed by atoms with Crippen LogP contribution >= 0.6 is 0 Å². The van der Waals surface area contributed by atoms with E-state index in [1.807, 2.05) is 6.92 Å². The van der Waals surface area contributed by atoms with E-state index in [0.29, 0.717) is 13.2 Å². The maximum atomic E-state index is 13.3. The number of aliphatic carboxylic acids is 1. The van der Waals surface area contributed by atoms with Crippen LogP contribution in [0.15, 0.2) is 24.3 Å². The molecule has 3 N–H and O–H groups in total. The van der Waals surface area contributed by atoms with Gasteiger partial charge in [0.05, 0.1) is 6.61 Å². The van der Waals surface area contributed by atoms with Crippen LogP contribution in [0.4, 0.5) is 4.39 Å². The Labute approximate surface area is 118 Å². The van der Waals surface area contributed by atoms with Gasteiger partial charge in [0, 0.05) is 6.42 Å². The van der Waals surface area contributed by atoms with Crippen molar-refractivity contribution in [1.29, 1.82) is 0 Å². The maximum Gasteiger partial charge on any atom is 0.303 e. The van der Waals surface area contributed by atoms with Crippen LogP contribution in [0.3, 0.4) is 0 Å². The van der Waals surface area contributed by atoms with Crippen LogP contribution in [0.1, 0.15) is 26.2 Å². The van der Waals surface area contributed by atoms with Crippen molar-refractivity contribution in [1.82, 2.24) is 0 Å². The van der Waals surface area contributed by atoms with Gasteiger partial charge in [0.15, 0.2) is 11.6 Å². The lowest BCUT2D eigenvalue weighted by Crippen LogP contribution is -2.21. The number of hydrogen-bond acceptors (Lipinski definition) is 3. The van der Waals surface area contributed by atoms with E-state index in [1.165, 1.54) is 6.07 Å². The molecule has 20 heavy (non-hydrogen) atoms. The van der Waals surface area contributed by atoms with Crippen molar-refractivity contribution < 1.29 is 19.0 Å². The van der Waals surface area contributed by atoms with Gasteiger partial charge in [0.25, 0.3) is 0 Å². The number of benzene rings is 1. The van der Waals surface area contributed by atoms with Crippen LogP contribution in [0.25, 0.3) is 0 Å². The second-order valence-corrected chi connectivity index (χ2v) is 5.11. The van der Waals surface area contributed by atoms with E-state index in [9.17, 15) is 9.18 Å². The molecule has 0 fully saturated rings. The zero-order valence-corrected chi connectivity index (χ0v) is 11.7. The number of hydrogen-bond donors (Lipinski definition) is 2. The third-order valence-electron chi connectivity index (χ3n) is 3.24. The van der Waals surface area contributed by atoms with Gasteiger partial charge in [-0.3, -0.25) is 4.79 Å². The molecule has 0 aliphatic heterocycles. The third kappa shape index (κ3) is 6.02. The summed E-state index contributed by atoms with van der Waals surface area (Å²) < 4.78 is 18.7. The normalized spacial score (nSPS) is 13.8. The number of carboxylic acid groups (broad SMARTS) is 1. The molecular formula is C15H22FNO3. The molecule has 4 nitrogen and oxygen atoms in total. The van der Waals surface area contributed by atoms with Gasteiger partial charge in [-0.2, -0.15) is 0 Å². The Balaban J connectivity index is 2.30. The Kier molecular flexibility index (Phi) is 7.01. The van der Waals surface area contributed by atoms with E-state index >= 15 is 0 Å². The van der Waals surface area contributed by atoms with Crippen molar-refractivity contribution in [3.63, 3.8) is 0 Å². The van der Waals surface area contributed by atoms with E-state index in [1.54, 1.807) is 18.2 Å². The molecule has 2 atom stereocenters. The topological polar surface area (TPSA) is 72.5 Å². The minimum atomic E-state index is -0.824. The molecule has 0 heterocycles. The fourth-order valence-electron chi connectivity index (χ4n) is 2.13. The first-order chi connectivity index (χ1) is 9.52. The summed E-state index contributed by atoms with van der Waals surface area (Å²) in [7, 11) is 0. The van der Waals surface area contributed by atoms with Crippen molar-refractivity contribution in [2.45, 2.75) is 26.2 Å². The first kappa shape index (κ1) is 16.4. The summed E-state index contributed by atoms with van der Waals surface area (Å²) in [6.07, 6.45) is 1.57. The SMILES string of the molecule is CC(CCOc1ccccc1F)C[C@H](CN)CC(=O)O. The second kappa shape index (κ2) is 8.53. The molecule has 0 spiro atoms. The number of rotatable bonds is 9. The number of halogens is 1. The van der Waals surface area contributed by atoms with E-state index in [0.717, 1.165) is 12.8 Å². The van der Waals surface area contributed by atoms with Crippen molar-refractivity contribution in [3.05, 3.63) is 30.1 Å². The molecule has 0 saturated heterocycles. The molecule has 0 aromatic heterocycles. The quantitative estimate of drug-likeness (QED) is 0.731. The van der Waals surface area contributed by atoms with Crippen molar-refractivity contribution in [2.24, 2.45) is 17.6 Å². The predicted octanol–water partition coefficient (Wildman–Crippen LogP) is 2.67. The molecule has 1 unspecified atom stereocenters. The van der Waals surface area contributed by atoms with E-state index in [2.05, 4.69) is 0 Å². The Morgan fingerprint density at radius 1 is 1.45 bits per heavy atom. The van der Waals surface area contributed by atoms with Gasteiger partial charge in [-0.1, -0.05) is 19.1 Å². The summed E-state index contributed by atoms with van der Waals surface area (Å²) in [6, 6.07) is 6.28. The van der Waals surface area contributed by atoms with E-state index in [4.69, 9.17) is 15.6 Å². The predicted molar refractivity (Wildman–Crippen MR) is 75.1 cm³/mol. The van der Waals surface area contributed by atoms with Gasteiger partial charge >= 0.3 is 5.97 Å². The highest BCUT2D eigenvalue weighted by atomic mass is 19.1. The standard InChI is InChI=1S/C15H22FNO3/c1-11(8-12(10-17)9-15(18)19)6-7-20-14-5-3-2-4-13(14)16/h2-5,11-12H,6-10,17H2,1H3,(H,18,19)/t11?,12-/m0/s1. The maximum absolute atomic E-state index is 13.3. The molecule has 5 heteroatoms. The molecule has 0 radical (unpaired) electrons. The first-order valence-electron chi connectivity index (χ1n) is 6.82. The van der Waals surface area contributed by atoms with E-state index in [-0.39, 0.29) is 29.8 Å². The summed E-state index contributed by atoms with van der Waals surface area (Å²) in [4.78, 5) is 10.7. The van der Waals surface area contributed by atoms with Crippen LogP contribution in [0, 0.1) is 17.7 Å². The molecule has 1 aromatic carbocycles. The van der Waals surface area contributed by atoms with Crippen LogP contribution in [-0.2, 0) is 4.79 Å². The minimum Gasteiger partial charge on any atom is -0.491 e. The summed E-state index contributed by atoms with van der Waals surface area (Å²) in [5.74, 6) is -0.674. The molecule has 0 bridgehead atoms. The van der Waals surface area contributed by atoms with Crippen LogP contribution in [-0.4, -0.2) is 24.2 Å². The molecule has 0 saturated carbocycles. The fourth-order valence-corrected chi connectivity index (χ4v) is 2.13. The minimum absolute atomic E-state index is 0.0176. The molecule has 112 valence electrons. The lowest BCUT2D eigenvalue weighted by atomic mass is 9.91. The first-order valence-corrected chi connectivity index (χ1v) is 6.82. The zero-order chi connectivity index (χ0) is 15.0. The molecule has 0 amide bonds. The lowest BCUT2D eigenvalue weighted by Gasteiger charge is -2.18. The van der Waals surface area contributed by atoms with E-state index < -0.39 is 5.97 Å². The average molecular weight is 283 g/mol. The molecule has 0 aliphatic rings. The Morgan fingerprint density at radius 2 is 2.15 bits per heavy atom. The molecule has 1 rings (SSSR count). The zero-order valence-electron chi connectivity index (χ0n) is 11.7. The Hall–Kier alpha value is -1.62. The number of nitrogens with two attached hydrogens (primary N) is 1. The van der Waals surface area contributed by atoms with Gasteiger partial charge < -0.3 is 15.6 Å². The highest BCUT2D eigenvalue weighted by molar-refractivity contribution is 5.67. The van der Waals surface area contributed by atoms with Crippen LogP contribution < -0.4 is 10.5 Å². The highest BCUT2D eigenvalue weighted by Crippen LogP contribution is 2.20. The second-order valence-electron chi connectivity index (χ2n) is 5.11. The summed E-state index contributed by atoms with van der Waals surface area (Å²) >= 11 is 0. The van der Waals surface area contributed by atoms with Gasteiger partial charge in [-0.25, -0.2) is 4.39 Å². The average Bonchev–Trinajstić information content (AvgIpc) is 2.39. The van der Waals surface area contributed by atoms with Crippen molar-refractivity contribution in [2.75, 3.05) is 13.2 Å². The molecule has 1 aromatic rings. The fraction of sp³-hybridized carbons (Fsp3) is 0.533. The number of carboxylic acids is 1. The summed E-state index contributed by atoms with van der Waals surface area (Å²) in [6.45, 7) is 2.80. The van der Waals surface area contributed by atoms with Crippen LogP contribution in [0.2, 0.25) is 0 Å². The molecule has 0 aliphatic carbocycles. The summed E-state index contributed by atoms with van der Waals surface area (Å²) in [5, 5.41) is 8.76. The Bertz CT molecular complexity index is 425. The number of carbonyl (C=O) groups is 1. The van der Waals surface area contributed by atoms with Gasteiger partial charge in [0.1, 0.15) is 0 Å². The third-order valence-corrected chi connectivity index (χ3v) is 3.24. The smallest absolute Gasteiger partial charge is 0.303 e. The number of para-hydroxylation sites is 1. The summed E-state index contributed by atoms with van der Waals surface area (Å²) in [5.41, 5.74) is 5.56. The van der Waals surface area contributed by atoms with Gasteiger partial charge in [0.2, 0.25) is 0 Å². The van der Waals surface area contributed by atoms with Gasteiger partial charge in [-0.15, -0.1) is 0 Å².